The SMILES string of the molecule is COc1cc2c(cc1OC)C(c1ccc(-c3ccc(Cl)cc3)cc1)=NN(C)C(C)C2. The molecule has 1 heterocycles. The molecule has 1 aliphatic rings. The molecule has 0 amide bonds. The summed E-state index contributed by atoms with van der Waals surface area (Å²) in [6.07, 6.45) is 0.877. The molecule has 0 aromatic heterocycles. The van der Waals surface area contributed by atoms with Gasteiger partial charge in [-0.3, -0.25) is 5.01 Å². The molecule has 1 aliphatic heterocycles. The summed E-state index contributed by atoms with van der Waals surface area (Å²) in [6.45, 7) is 2.18. The van der Waals surface area contributed by atoms with Gasteiger partial charge in [-0.1, -0.05) is 48.0 Å². The molecular formula is C25H25ClN2O2. The van der Waals surface area contributed by atoms with Crippen LogP contribution in [0.3, 0.4) is 0 Å². The van der Waals surface area contributed by atoms with Gasteiger partial charge in [0.15, 0.2) is 11.5 Å². The highest BCUT2D eigenvalue weighted by atomic mass is 35.5. The molecule has 0 bridgehead atoms. The van der Waals surface area contributed by atoms with E-state index in [4.69, 9.17) is 26.2 Å². The average molecular weight is 421 g/mol. The molecule has 0 N–H and O–H groups in total. The second-order valence-corrected chi connectivity index (χ2v) is 7.96. The first kappa shape index (κ1) is 20.3. The van der Waals surface area contributed by atoms with E-state index in [1.54, 1.807) is 14.2 Å². The summed E-state index contributed by atoms with van der Waals surface area (Å²) in [5, 5.41) is 7.72. The third kappa shape index (κ3) is 3.88. The van der Waals surface area contributed by atoms with Crippen LogP contribution in [0.2, 0.25) is 5.02 Å². The van der Waals surface area contributed by atoms with Gasteiger partial charge in [-0.15, -0.1) is 0 Å². The zero-order chi connectivity index (χ0) is 21.3. The van der Waals surface area contributed by atoms with Crippen LogP contribution in [0.25, 0.3) is 11.1 Å². The molecular weight excluding hydrogens is 396 g/mol. The topological polar surface area (TPSA) is 34.1 Å². The van der Waals surface area contributed by atoms with E-state index in [-0.39, 0.29) is 6.04 Å². The fraction of sp³-hybridized carbons (Fsp3) is 0.240. The van der Waals surface area contributed by atoms with E-state index in [1.807, 2.05) is 42.4 Å². The predicted octanol–water partition coefficient (Wildman–Crippen LogP) is 5.65. The van der Waals surface area contributed by atoms with E-state index >= 15 is 0 Å². The predicted molar refractivity (Wildman–Crippen MR) is 123 cm³/mol. The molecule has 0 aliphatic carbocycles. The fourth-order valence-electron chi connectivity index (χ4n) is 3.75. The Labute approximate surface area is 182 Å². The van der Waals surface area contributed by atoms with Gasteiger partial charge in [0, 0.05) is 29.2 Å². The second kappa shape index (κ2) is 8.41. The Bertz CT molecular complexity index is 1080. The van der Waals surface area contributed by atoms with Gasteiger partial charge < -0.3 is 9.47 Å². The molecule has 4 nitrogen and oxygen atoms in total. The lowest BCUT2D eigenvalue weighted by Gasteiger charge is -2.20. The van der Waals surface area contributed by atoms with E-state index in [0.29, 0.717) is 5.75 Å². The van der Waals surface area contributed by atoms with Crippen molar-refractivity contribution >= 4 is 17.3 Å². The largest absolute Gasteiger partial charge is 0.493 e. The van der Waals surface area contributed by atoms with Crippen LogP contribution in [0, 0.1) is 0 Å². The Hall–Kier alpha value is -2.98. The molecule has 4 rings (SSSR count). The minimum absolute atomic E-state index is 0.271. The number of rotatable bonds is 4. The van der Waals surface area contributed by atoms with Crippen LogP contribution in [0.4, 0.5) is 0 Å². The van der Waals surface area contributed by atoms with E-state index in [1.165, 1.54) is 5.56 Å². The summed E-state index contributed by atoms with van der Waals surface area (Å²) in [6, 6.07) is 20.7. The summed E-state index contributed by atoms with van der Waals surface area (Å²) in [4.78, 5) is 0. The molecule has 1 atom stereocenters. The molecule has 1 unspecified atom stereocenters. The van der Waals surface area contributed by atoms with Crippen molar-refractivity contribution in [1.29, 1.82) is 0 Å². The van der Waals surface area contributed by atoms with Gasteiger partial charge in [-0.2, -0.15) is 5.10 Å². The normalized spacial score (nSPS) is 15.8. The van der Waals surface area contributed by atoms with Crippen molar-refractivity contribution in [2.24, 2.45) is 5.10 Å². The molecule has 0 spiro atoms. The Morgan fingerprint density at radius 3 is 2.00 bits per heavy atom. The number of ether oxygens (including phenoxy) is 2. The number of hydrogen-bond acceptors (Lipinski definition) is 4. The molecule has 0 saturated carbocycles. The standard InChI is InChI=1S/C25H25ClN2O2/c1-16-13-20-14-23(29-3)24(30-4)15-22(20)25(27-28(16)2)19-7-5-17(6-8-19)18-9-11-21(26)12-10-18/h5-12,14-16H,13H2,1-4H3. The van der Waals surface area contributed by atoms with Crippen molar-refractivity contribution in [2.75, 3.05) is 21.3 Å². The lowest BCUT2D eigenvalue weighted by molar-refractivity contribution is 0.272. The van der Waals surface area contributed by atoms with Crippen molar-refractivity contribution in [2.45, 2.75) is 19.4 Å². The summed E-state index contributed by atoms with van der Waals surface area (Å²) in [7, 11) is 5.35. The summed E-state index contributed by atoms with van der Waals surface area (Å²) < 4.78 is 11.1. The van der Waals surface area contributed by atoms with Gasteiger partial charge >= 0.3 is 0 Å². The first-order valence-corrected chi connectivity index (χ1v) is 10.3. The number of nitrogens with zero attached hydrogens (tertiary/aromatic N) is 2. The van der Waals surface area contributed by atoms with Gasteiger partial charge in [0.05, 0.1) is 19.9 Å². The number of benzene rings is 3. The third-order valence-corrected chi connectivity index (χ3v) is 5.86. The average Bonchev–Trinajstić information content (AvgIpc) is 2.89. The first-order valence-electron chi connectivity index (χ1n) is 9.93. The first-order chi connectivity index (χ1) is 14.5. The van der Waals surface area contributed by atoms with Crippen LogP contribution in [-0.4, -0.2) is 38.0 Å². The lowest BCUT2D eigenvalue weighted by atomic mass is 9.93. The van der Waals surface area contributed by atoms with E-state index in [2.05, 4.69) is 37.3 Å². The maximum absolute atomic E-state index is 6.02. The van der Waals surface area contributed by atoms with Crippen LogP contribution < -0.4 is 9.47 Å². The van der Waals surface area contributed by atoms with Crippen molar-refractivity contribution in [3.63, 3.8) is 0 Å². The van der Waals surface area contributed by atoms with Crippen LogP contribution >= 0.6 is 11.6 Å². The van der Waals surface area contributed by atoms with Crippen molar-refractivity contribution in [3.05, 3.63) is 82.4 Å². The third-order valence-electron chi connectivity index (χ3n) is 5.61. The minimum Gasteiger partial charge on any atom is -0.493 e. The molecule has 0 saturated heterocycles. The Morgan fingerprint density at radius 2 is 1.40 bits per heavy atom. The molecule has 30 heavy (non-hydrogen) atoms. The number of hydrazone groups is 1. The summed E-state index contributed by atoms with van der Waals surface area (Å²) >= 11 is 6.02. The zero-order valence-electron chi connectivity index (χ0n) is 17.6. The monoisotopic (exact) mass is 420 g/mol. The van der Waals surface area contributed by atoms with Gasteiger partial charge in [0.1, 0.15) is 0 Å². The van der Waals surface area contributed by atoms with Crippen LogP contribution in [0.15, 0.2) is 65.8 Å². The highest BCUT2D eigenvalue weighted by molar-refractivity contribution is 6.30. The number of likely N-dealkylation sites (N-methyl/N-ethyl adjacent to an activating group) is 1. The molecule has 5 heteroatoms. The van der Waals surface area contributed by atoms with Crippen molar-refractivity contribution in [1.82, 2.24) is 5.01 Å². The Kier molecular flexibility index (Phi) is 5.69. The minimum atomic E-state index is 0.271. The molecule has 3 aromatic carbocycles. The van der Waals surface area contributed by atoms with E-state index < -0.39 is 0 Å². The smallest absolute Gasteiger partial charge is 0.161 e. The van der Waals surface area contributed by atoms with Crippen molar-refractivity contribution < 1.29 is 9.47 Å². The van der Waals surface area contributed by atoms with Crippen molar-refractivity contribution in [3.8, 4) is 22.6 Å². The van der Waals surface area contributed by atoms with Crippen LogP contribution in [-0.2, 0) is 6.42 Å². The molecule has 0 fully saturated rings. The maximum Gasteiger partial charge on any atom is 0.161 e. The van der Waals surface area contributed by atoms with E-state index in [9.17, 15) is 0 Å². The van der Waals surface area contributed by atoms with Gasteiger partial charge in [0.25, 0.3) is 0 Å². The van der Waals surface area contributed by atoms with Crippen LogP contribution in [0.5, 0.6) is 11.5 Å². The number of methoxy groups -OCH3 is 2. The molecule has 154 valence electrons. The maximum atomic E-state index is 6.02. The number of fused-ring (bicyclic) bond motifs is 1. The Morgan fingerprint density at radius 1 is 0.867 bits per heavy atom. The summed E-state index contributed by atoms with van der Waals surface area (Å²) in [5.74, 6) is 1.45. The molecule has 0 radical (unpaired) electrons. The second-order valence-electron chi connectivity index (χ2n) is 7.52. The van der Waals surface area contributed by atoms with Crippen LogP contribution in [0.1, 0.15) is 23.6 Å². The van der Waals surface area contributed by atoms with E-state index in [0.717, 1.165) is 45.2 Å². The zero-order valence-corrected chi connectivity index (χ0v) is 18.4. The fourth-order valence-corrected chi connectivity index (χ4v) is 3.87. The highest BCUT2D eigenvalue weighted by Crippen LogP contribution is 2.34. The Balaban J connectivity index is 1.79. The number of hydrogen-bond donors (Lipinski definition) is 0. The highest BCUT2D eigenvalue weighted by Gasteiger charge is 2.23. The number of halogens is 1. The summed E-state index contributed by atoms with van der Waals surface area (Å²) in [5.41, 5.74) is 6.53. The van der Waals surface area contributed by atoms with Gasteiger partial charge in [-0.25, -0.2) is 0 Å². The van der Waals surface area contributed by atoms with Gasteiger partial charge in [-0.05, 0) is 54.3 Å². The molecule has 3 aromatic rings. The van der Waals surface area contributed by atoms with Gasteiger partial charge in [0.2, 0.25) is 0 Å². The lowest BCUT2D eigenvalue weighted by Crippen LogP contribution is -2.25. The quantitative estimate of drug-likeness (QED) is 0.546.